The number of methoxy groups -OCH3 is 1. The molecule has 2 unspecified atom stereocenters. The van der Waals surface area contributed by atoms with E-state index in [2.05, 4.69) is 29.4 Å². The average molecular weight is 444 g/mol. The maximum Gasteiger partial charge on any atom is 0.311 e. The van der Waals surface area contributed by atoms with Crippen LogP contribution in [0, 0.1) is 5.92 Å². The van der Waals surface area contributed by atoms with E-state index in [4.69, 9.17) is 9.47 Å². The van der Waals surface area contributed by atoms with Crippen molar-refractivity contribution < 1.29 is 19.1 Å². The van der Waals surface area contributed by atoms with Gasteiger partial charge in [0.15, 0.2) is 12.4 Å². The van der Waals surface area contributed by atoms with Gasteiger partial charge in [0.1, 0.15) is 5.75 Å². The molecule has 1 amide bonds. The lowest BCUT2D eigenvalue weighted by Crippen LogP contribution is -2.46. The minimum atomic E-state index is -0.485. The van der Waals surface area contributed by atoms with Gasteiger partial charge in [-0.15, -0.1) is 5.10 Å². The van der Waals surface area contributed by atoms with Crippen molar-refractivity contribution in [2.45, 2.75) is 71.6 Å². The Morgan fingerprint density at radius 2 is 1.91 bits per heavy atom. The van der Waals surface area contributed by atoms with Gasteiger partial charge in [0, 0.05) is 25.1 Å². The Hall–Kier alpha value is -2.97. The van der Waals surface area contributed by atoms with Crippen LogP contribution in [0.15, 0.2) is 24.3 Å². The predicted molar refractivity (Wildman–Crippen MR) is 118 cm³/mol. The lowest BCUT2D eigenvalue weighted by Gasteiger charge is -2.40. The SMILES string of the molecule is CCCCN1C(=O)CCC(C(=O)OCc2nnnn2CCCC)C1c1ccccc1OC. The van der Waals surface area contributed by atoms with Crippen LogP contribution < -0.4 is 4.74 Å². The van der Waals surface area contributed by atoms with Crippen LogP contribution in [0.1, 0.15) is 69.8 Å². The van der Waals surface area contributed by atoms with E-state index in [1.54, 1.807) is 11.8 Å². The van der Waals surface area contributed by atoms with Crippen molar-refractivity contribution in [2.75, 3.05) is 13.7 Å². The van der Waals surface area contributed by atoms with Gasteiger partial charge >= 0.3 is 5.97 Å². The first-order chi connectivity index (χ1) is 15.6. The third kappa shape index (κ3) is 5.44. The smallest absolute Gasteiger partial charge is 0.311 e. The van der Waals surface area contributed by atoms with Crippen LogP contribution in [0.2, 0.25) is 0 Å². The number of tetrazole rings is 1. The van der Waals surface area contributed by atoms with Gasteiger partial charge in [0.2, 0.25) is 5.91 Å². The summed E-state index contributed by atoms with van der Waals surface area (Å²) in [5.41, 5.74) is 0.828. The third-order valence-corrected chi connectivity index (χ3v) is 5.89. The Labute approximate surface area is 189 Å². The molecule has 1 fully saturated rings. The number of hydrogen-bond donors (Lipinski definition) is 0. The number of aromatic nitrogens is 4. The number of carbonyl (C=O) groups excluding carboxylic acids is 2. The largest absolute Gasteiger partial charge is 0.496 e. The molecule has 2 heterocycles. The summed E-state index contributed by atoms with van der Waals surface area (Å²) in [5.74, 6) is 0.410. The molecule has 1 aliphatic rings. The van der Waals surface area contributed by atoms with Crippen LogP contribution in [-0.2, 0) is 27.5 Å². The average Bonchev–Trinajstić information content (AvgIpc) is 3.27. The van der Waals surface area contributed by atoms with Gasteiger partial charge in [-0.3, -0.25) is 9.59 Å². The number of amides is 1. The Kier molecular flexibility index (Phi) is 8.58. The second-order valence-corrected chi connectivity index (χ2v) is 8.05. The summed E-state index contributed by atoms with van der Waals surface area (Å²) in [7, 11) is 1.60. The molecule has 2 aromatic rings. The molecule has 1 aromatic heterocycles. The van der Waals surface area contributed by atoms with Crippen molar-refractivity contribution in [1.29, 1.82) is 0 Å². The van der Waals surface area contributed by atoms with Gasteiger partial charge < -0.3 is 14.4 Å². The van der Waals surface area contributed by atoms with Crippen molar-refractivity contribution in [3.05, 3.63) is 35.7 Å². The number of para-hydroxylation sites is 1. The summed E-state index contributed by atoms with van der Waals surface area (Å²) >= 11 is 0. The number of rotatable bonds is 11. The molecule has 9 nitrogen and oxygen atoms in total. The molecule has 0 N–H and O–H groups in total. The Balaban J connectivity index is 1.83. The lowest BCUT2D eigenvalue weighted by atomic mass is 9.83. The first-order valence-electron chi connectivity index (χ1n) is 11.4. The van der Waals surface area contributed by atoms with E-state index >= 15 is 0 Å². The molecule has 1 aromatic carbocycles. The minimum Gasteiger partial charge on any atom is -0.496 e. The second kappa shape index (κ2) is 11.6. The third-order valence-electron chi connectivity index (χ3n) is 5.89. The summed E-state index contributed by atoms with van der Waals surface area (Å²) in [4.78, 5) is 27.9. The first kappa shape index (κ1) is 23.7. The van der Waals surface area contributed by atoms with Crippen LogP contribution in [0.4, 0.5) is 0 Å². The Morgan fingerprint density at radius 1 is 1.16 bits per heavy atom. The Morgan fingerprint density at radius 3 is 2.66 bits per heavy atom. The number of likely N-dealkylation sites (tertiary alicyclic amines) is 1. The highest BCUT2D eigenvalue weighted by molar-refractivity contribution is 5.82. The number of aryl methyl sites for hydroxylation is 1. The summed E-state index contributed by atoms with van der Waals surface area (Å²) in [5, 5.41) is 11.7. The highest BCUT2D eigenvalue weighted by atomic mass is 16.5. The van der Waals surface area contributed by atoms with E-state index in [-0.39, 0.29) is 18.5 Å². The van der Waals surface area contributed by atoms with Crippen LogP contribution in [-0.4, -0.2) is 50.6 Å². The summed E-state index contributed by atoms with van der Waals surface area (Å²) in [6.07, 6.45) is 4.54. The highest BCUT2D eigenvalue weighted by Gasteiger charge is 2.42. The molecule has 2 atom stereocenters. The molecule has 0 aliphatic carbocycles. The Bertz CT molecular complexity index is 900. The molecule has 1 aliphatic heterocycles. The zero-order chi connectivity index (χ0) is 22.9. The normalized spacial score (nSPS) is 18.6. The van der Waals surface area contributed by atoms with Crippen molar-refractivity contribution in [3.63, 3.8) is 0 Å². The molecule has 0 bridgehead atoms. The molecule has 0 radical (unpaired) electrons. The summed E-state index contributed by atoms with van der Waals surface area (Å²) < 4.78 is 12.9. The molecule has 9 heteroatoms. The fourth-order valence-electron chi connectivity index (χ4n) is 4.14. The fraction of sp³-hybridized carbons (Fsp3) is 0.609. The fourth-order valence-corrected chi connectivity index (χ4v) is 4.14. The summed E-state index contributed by atoms with van der Waals surface area (Å²) in [6, 6.07) is 7.14. The number of benzene rings is 1. The molecular formula is C23H33N5O4. The second-order valence-electron chi connectivity index (χ2n) is 8.05. The molecular weight excluding hydrogens is 410 g/mol. The minimum absolute atomic E-state index is 0.00754. The van der Waals surface area contributed by atoms with E-state index in [0.29, 0.717) is 37.5 Å². The maximum absolute atomic E-state index is 13.2. The topological polar surface area (TPSA) is 99.4 Å². The van der Waals surface area contributed by atoms with Gasteiger partial charge in [0.05, 0.1) is 19.1 Å². The van der Waals surface area contributed by atoms with E-state index in [9.17, 15) is 9.59 Å². The van der Waals surface area contributed by atoms with Crippen LogP contribution in [0.25, 0.3) is 0 Å². The van der Waals surface area contributed by atoms with Crippen molar-refractivity contribution in [3.8, 4) is 5.75 Å². The van der Waals surface area contributed by atoms with Gasteiger partial charge in [-0.05, 0) is 35.8 Å². The van der Waals surface area contributed by atoms with E-state index in [0.717, 1.165) is 31.2 Å². The zero-order valence-electron chi connectivity index (χ0n) is 19.2. The zero-order valence-corrected chi connectivity index (χ0v) is 19.2. The molecule has 0 saturated carbocycles. The van der Waals surface area contributed by atoms with Crippen LogP contribution in [0.3, 0.4) is 0 Å². The van der Waals surface area contributed by atoms with Crippen molar-refractivity contribution in [1.82, 2.24) is 25.1 Å². The lowest BCUT2D eigenvalue weighted by molar-refractivity contribution is -0.158. The van der Waals surface area contributed by atoms with Crippen LogP contribution >= 0.6 is 0 Å². The van der Waals surface area contributed by atoms with Crippen molar-refractivity contribution >= 4 is 11.9 Å². The number of unbranched alkanes of at least 4 members (excludes halogenated alkanes) is 2. The number of nitrogens with zero attached hydrogens (tertiary/aromatic N) is 5. The van der Waals surface area contributed by atoms with Gasteiger partial charge in [-0.2, -0.15) is 0 Å². The number of carbonyl (C=O) groups is 2. The molecule has 174 valence electrons. The molecule has 3 rings (SSSR count). The highest BCUT2D eigenvalue weighted by Crippen LogP contribution is 2.41. The van der Waals surface area contributed by atoms with Gasteiger partial charge in [-0.1, -0.05) is 44.9 Å². The van der Waals surface area contributed by atoms with Crippen molar-refractivity contribution in [2.24, 2.45) is 5.92 Å². The number of hydrogen-bond acceptors (Lipinski definition) is 7. The monoisotopic (exact) mass is 443 g/mol. The van der Waals surface area contributed by atoms with Gasteiger partial charge in [-0.25, -0.2) is 4.68 Å². The number of ether oxygens (including phenoxy) is 2. The first-order valence-corrected chi connectivity index (χ1v) is 11.4. The quantitative estimate of drug-likeness (QED) is 0.491. The number of piperidine rings is 1. The van der Waals surface area contributed by atoms with E-state index < -0.39 is 12.0 Å². The van der Waals surface area contributed by atoms with Gasteiger partial charge in [0.25, 0.3) is 0 Å². The number of esters is 1. The maximum atomic E-state index is 13.2. The standard InChI is InChI=1S/C23H33N5O4/c1-4-6-14-27-21(29)13-12-18(22(27)17-10-8-9-11-19(17)31-3)23(30)32-16-20-24-25-26-28(20)15-7-5-2/h8-11,18,22H,4-7,12-16H2,1-3H3. The predicted octanol–water partition coefficient (Wildman–Crippen LogP) is 3.31. The van der Waals surface area contributed by atoms with E-state index in [1.807, 2.05) is 29.2 Å². The molecule has 32 heavy (non-hydrogen) atoms. The van der Waals surface area contributed by atoms with Crippen LogP contribution in [0.5, 0.6) is 5.75 Å². The molecule has 0 spiro atoms. The molecule has 1 saturated heterocycles. The summed E-state index contributed by atoms with van der Waals surface area (Å²) in [6.45, 7) is 5.46. The van der Waals surface area contributed by atoms with E-state index in [1.165, 1.54) is 0 Å².